The van der Waals surface area contributed by atoms with Crippen LogP contribution < -0.4 is 5.73 Å². The molecule has 0 saturated carbocycles. The molecule has 2 aliphatic rings. The minimum atomic E-state index is -0.705. The van der Waals surface area contributed by atoms with Gasteiger partial charge in [-0.05, 0) is 12.8 Å². The van der Waals surface area contributed by atoms with Crippen LogP contribution in [0.5, 0.6) is 0 Å². The number of piperidine rings is 1. The molecule has 1 unspecified atom stereocenters. The van der Waals surface area contributed by atoms with Crippen molar-refractivity contribution in [2.75, 3.05) is 13.1 Å². The first kappa shape index (κ1) is 16.4. The van der Waals surface area contributed by atoms with Crippen molar-refractivity contribution in [3.63, 3.8) is 0 Å². The quantitative estimate of drug-likeness (QED) is 0.813. The normalized spacial score (nSPS) is 32.1. The second-order valence-corrected chi connectivity index (χ2v) is 5.09. The van der Waals surface area contributed by atoms with Gasteiger partial charge in [0.2, 0.25) is 0 Å². The van der Waals surface area contributed by atoms with E-state index in [1.807, 2.05) is 31.2 Å². The zero-order valence-electron chi connectivity index (χ0n) is 11.3. The molecule has 0 amide bonds. The van der Waals surface area contributed by atoms with E-state index in [-0.39, 0.29) is 30.3 Å². The molecule has 0 aromatic carbocycles. The van der Waals surface area contributed by atoms with Crippen LogP contribution in [0, 0.1) is 0 Å². The summed E-state index contributed by atoms with van der Waals surface area (Å²) in [6.45, 7) is 3.32. The predicted molar refractivity (Wildman–Crippen MR) is 78.3 cm³/mol. The van der Waals surface area contributed by atoms with Gasteiger partial charge in [-0.3, -0.25) is 9.69 Å². The number of likely N-dealkylation sites (tertiary alicyclic amines) is 1. The maximum Gasteiger partial charge on any atom is 0.158 e. The van der Waals surface area contributed by atoms with Gasteiger partial charge >= 0.3 is 0 Å². The lowest BCUT2D eigenvalue weighted by molar-refractivity contribution is -0.130. The number of carbonyl (C=O) groups excluding carboxylic acids is 1. The number of aliphatic hydroxyl groups excluding tert-OH is 1. The Morgan fingerprint density at radius 1 is 1.42 bits per heavy atom. The Labute approximate surface area is 120 Å². The third-order valence-electron chi connectivity index (χ3n) is 4.04. The number of rotatable bonds is 3. The molecular formula is C14H23ClN2O2. The summed E-state index contributed by atoms with van der Waals surface area (Å²) in [5.74, 6) is 0.159. The number of ketones is 1. The number of hydrogen-bond donors (Lipinski definition) is 2. The van der Waals surface area contributed by atoms with Crippen LogP contribution in [0.1, 0.15) is 26.2 Å². The summed E-state index contributed by atoms with van der Waals surface area (Å²) in [6, 6.07) is -0.301. The number of halogens is 1. The minimum Gasteiger partial charge on any atom is -0.393 e. The third-order valence-corrected chi connectivity index (χ3v) is 4.04. The lowest BCUT2D eigenvalue weighted by atomic mass is 9.79. The number of Topliss-reactive ketones (excluding diaryl/α,β-unsaturated/α-hetero) is 1. The van der Waals surface area contributed by atoms with Gasteiger partial charge in [-0.1, -0.05) is 31.2 Å². The second kappa shape index (κ2) is 6.66. The maximum atomic E-state index is 12.4. The molecule has 1 aliphatic heterocycles. The van der Waals surface area contributed by atoms with E-state index in [0.29, 0.717) is 19.3 Å². The molecule has 19 heavy (non-hydrogen) atoms. The molecular weight excluding hydrogens is 264 g/mol. The predicted octanol–water partition coefficient (Wildman–Crippen LogP) is 1.04. The molecule has 2 atom stereocenters. The number of nitrogens with two attached hydrogens (primary N) is 1. The smallest absolute Gasteiger partial charge is 0.158 e. The van der Waals surface area contributed by atoms with E-state index in [0.717, 1.165) is 13.1 Å². The van der Waals surface area contributed by atoms with Crippen LogP contribution in [0.3, 0.4) is 0 Å². The van der Waals surface area contributed by atoms with E-state index in [4.69, 9.17) is 5.73 Å². The molecule has 1 aliphatic carbocycles. The fourth-order valence-corrected chi connectivity index (χ4v) is 2.93. The van der Waals surface area contributed by atoms with Gasteiger partial charge < -0.3 is 10.8 Å². The second-order valence-electron chi connectivity index (χ2n) is 5.09. The van der Waals surface area contributed by atoms with Crippen LogP contribution in [-0.4, -0.2) is 46.6 Å². The Bertz CT molecular complexity index is 376. The summed E-state index contributed by atoms with van der Waals surface area (Å²) in [5, 5.41) is 9.60. The Morgan fingerprint density at radius 2 is 2.05 bits per heavy atom. The highest BCUT2D eigenvalue weighted by Gasteiger charge is 2.46. The summed E-state index contributed by atoms with van der Waals surface area (Å²) in [6.07, 6.45) is 9.28. The van der Waals surface area contributed by atoms with E-state index < -0.39 is 5.54 Å². The minimum absolute atomic E-state index is 0. The summed E-state index contributed by atoms with van der Waals surface area (Å²) in [5.41, 5.74) is 5.49. The highest BCUT2D eigenvalue weighted by Crippen LogP contribution is 2.30. The molecule has 0 radical (unpaired) electrons. The van der Waals surface area contributed by atoms with Crippen LogP contribution >= 0.6 is 12.4 Å². The van der Waals surface area contributed by atoms with Gasteiger partial charge in [0.1, 0.15) is 5.54 Å². The number of nitrogens with zero attached hydrogens (tertiary/aromatic N) is 1. The fraction of sp³-hybridized carbons (Fsp3) is 0.643. The van der Waals surface area contributed by atoms with E-state index >= 15 is 0 Å². The van der Waals surface area contributed by atoms with Gasteiger partial charge in [-0.15, -0.1) is 12.4 Å². The summed E-state index contributed by atoms with van der Waals surface area (Å²) < 4.78 is 0. The average Bonchev–Trinajstić information content (AvgIpc) is 2.40. The molecule has 0 spiro atoms. The molecule has 3 N–H and O–H groups in total. The molecule has 0 aromatic heterocycles. The first-order valence-corrected chi connectivity index (χ1v) is 6.69. The Morgan fingerprint density at radius 3 is 2.58 bits per heavy atom. The average molecular weight is 287 g/mol. The first-order valence-electron chi connectivity index (χ1n) is 6.69. The van der Waals surface area contributed by atoms with Crippen LogP contribution in [0.15, 0.2) is 24.3 Å². The van der Waals surface area contributed by atoms with Gasteiger partial charge in [0, 0.05) is 19.5 Å². The van der Waals surface area contributed by atoms with Crippen molar-refractivity contribution in [3.8, 4) is 0 Å². The third kappa shape index (κ3) is 2.92. The molecule has 0 aromatic rings. The molecule has 1 fully saturated rings. The fourth-order valence-electron chi connectivity index (χ4n) is 2.93. The van der Waals surface area contributed by atoms with E-state index in [9.17, 15) is 9.90 Å². The zero-order chi connectivity index (χ0) is 13.2. The molecule has 4 nitrogen and oxygen atoms in total. The van der Waals surface area contributed by atoms with Crippen molar-refractivity contribution in [2.45, 2.75) is 43.9 Å². The van der Waals surface area contributed by atoms with Gasteiger partial charge in [0.15, 0.2) is 5.78 Å². The Balaban J connectivity index is 0.00000180. The monoisotopic (exact) mass is 286 g/mol. The van der Waals surface area contributed by atoms with Gasteiger partial charge in [-0.25, -0.2) is 0 Å². The maximum absolute atomic E-state index is 12.4. The number of allylic oxidation sites excluding steroid dienone is 2. The van der Waals surface area contributed by atoms with E-state index in [1.165, 1.54) is 0 Å². The van der Waals surface area contributed by atoms with Crippen molar-refractivity contribution < 1.29 is 9.90 Å². The standard InChI is InChI=1S/C14H22N2O2.ClH/c1-2-13(18)14(8-4-3-5-12(14)15)16-9-6-11(17)7-10-16;/h3-5,8,11-12,17H,2,6-7,9-10,15H2,1H3;1H/t12?,14-;/m1./s1. The molecule has 5 heteroatoms. The molecule has 1 saturated heterocycles. The molecule has 0 bridgehead atoms. The Kier molecular flexibility index (Phi) is 5.74. The largest absolute Gasteiger partial charge is 0.393 e. The zero-order valence-corrected chi connectivity index (χ0v) is 12.1. The number of hydrogen-bond acceptors (Lipinski definition) is 4. The van der Waals surface area contributed by atoms with Crippen molar-refractivity contribution in [3.05, 3.63) is 24.3 Å². The Hall–Kier alpha value is -0.680. The van der Waals surface area contributed by atoms with Crippen molar-refractivity contribution in [1.29, 1.82) is 0 Å². The van der Waals surface area contributed by atoms with Crippen LogP contribution in [0.25, 0.3) is 0 Å². The molecule has 108 valence electrons. The summed E-state index contributed by atoms with van der Waals surface area (Å²) >= 11 is 0. The van der Waals surface area contributed by atoms with Crippen molar-refractivity contribution in [1.82, 2.24) is 4.90 Å². The van der Waals surface area contributed by atoms with E-state index in [2.05, 4.69) is 4.90 Å². The summed E-state index contributed by atoms with van der Waals surface area (Å²) in [7, 11) is 0. The summed E-state index contributed by atoms with van der Waals surface area (Å²) in [4.78, 5) is 14.5. The topological polar surface area (TPSA) is 66.6 Å². The molecule has 2 rings (SSSR count). The van der Waals surface area contributed by atoms with E-state index in [1.54, 1.807) is 0 Å². The SMILES string of the molecule is CCC(=O)[C@@]1(N2CCC(O)CC2)C=CC=CC1N.Cl. The molecule has 1 heterocycles. The van der Waals surface area contributed by atoms with Gasteiger partial charge in [0.25, 0.3) is 0 Å². The van der Waals surface area contributed by atoms with Crippen LogP contribution in [-0.2, 0) is 4.79 Å². The first-order chi connectivity index (χ1) is 8.61. The van der Waals surface area contributed by atoms with Crippen LogP contribution in [0.4, 0.5) is 0 Å². The van der Waals surface area contributed by atoms with Gasteiger partial charge in [0.05, 0.1) is 12.1 Å². The lowest BCUT2D eigenvalue weighted by Crippen LogP contribution is -2.65. The highest BCUT2D eigenvalue weighted by atomic mass is 35.5. The van der Waals surface area contributed by atoms with Crippen molar-refractivity contribution >= 4 is 18.2 Å². The number of aliphatic hydroxyl groups is 1. The van der Waals surface area contributed by atoms with Crippen molar-refractivity contribution in [2.24, 2.45) is 5.73 Å². The number of carbonyl (C=O) groups is 1. The van der Waals surface area contributed by atoms with Crippen LogP contribution in [0.2, 0.25) is 0 Å². The lowest BCUT2D eigenvalue weighted by Gasteiger charge is -2.47. The van der Waals surface area contributed by atoms with Gasteiger partial charge in [-0.2, -0.15) is 0 Å². The highest BCUT2D eigenvalue weighted by molar-refractivity contribution is 5.92.